The highest BCUT2D eigenvalue weighted by atomic mass is 16.1. The van der Waals surface area contributed by atoms with Gasteiger partial charge in [-0.25, -0.2) is 0 Å². The largest absolute Gasteiger partial charge is 0.293 e. The molecule has 0 spiro atoms. The summed E-state index contributed by atoms with van der Waals surface area (Å²) in [7, 11) is 0. The molecule has 1 aliphatic carbocycles. The van der Waals surface area contributed by atoms with Crippen molar-refractivity contribution >= 4 is 5.78 Å². The fourth-order valence-corrected chi connectivity index (χ4v) is 2.07. The second kappa shape index (κ2) is 4.59. The summed E-state index contributed by atoms with van der Waals surface area (Å²) in [5.41, 5.74) is 1.31. The molecule has 0 saturated heterocycles. The van der Waals surface area contributed by atoms with Gasteiger partial charge in [0.2, 0.25) is 0 Å². The van der Waals surface area contributed by atoms with Gasteiger partial charge >= 0.3 is 0 Å². The smallest absolute Gasteiger partial charge is 0.176 e. The van der Waals surface area contributed by atoms with Crippen LogP contribution in [0.3, 0.4) is 0 Å². The topological polar surface area (TPSA) is 17.1 Å². The predicted molar refractivity (Wildman–Crippen MR) is 69.4 cm³/mol. The van der Waals surface area contributed by atoms with Crippen LogP contribution < -0.4 is 0 Å². The third-order valence-corrected chi connectivity index (χ3v) is 3.21. The van der Waals surface area contributed by atoms with Crippen LogP contribution in [0.4, 0.5) is 0 Å². The van der Waals surface area contributed by atoms with Gasteiger partial charge in [-0.1, -0.05) is 36.1 Å². The van der Waals surface area contributed by atoms with Crippen LogP contribution in [0.15, 0.2) is 42.0 Å². The molecule has 0 radical (unpaired) electrons. The Hall–Kier alpha value is -1.81. The van der Waals surface area contributed by atoms with Gasteiger partial charge in [0.25, 0.3) is 0 Å². The van der Waals surface area contributed by atoms with Gasteiger partial charge in [-0.15, -0.1) is 0 Å². The van der Waals surface area contributed by atoms with E-state index in [1.807, 2.05) is 50.3 Å². The van der Waals surface area contributed by atoms with E-state index in [1.165, 1.54) is 0 Å². The Balaban J connectivity index is 2.27. The molecule has 0 fully saturated rings. The van der Waals surface area contributed by atoms with E-state index in [9.17, 15) is 4.79 Å². The second-order valence-electron chi connectivity index (χ2n) is 4.70. The highest BCUT2D eigenvalue weighted by Crippen LogP contribution is 2.31. The summed E-state index contributed by atoms with van der Waals surface area (Å²) in [5.74, 6) is 6.44. The van der Waals surface area contributed by atoms with Crippen LogP contribution in [0, 0.1) is 17.3 Å². The van der Waals surface area contributed by atoms with E-state index < -0.39 is 5.41 Å². The van der Waals surface area contributed by atoms with Gasteiger partial charge in [-0.3, -0.25) is 4.79 Å². The van der Waals surface area contributed by atoms with Crippen molar-refractivity contribution in [1.82, 2.24) is 0 Å². The van der Waals surface area contributed by atoms with Crippen LogP contribution in [0.1, 0.15) is 32.3 Å². The molecule has 2 rings (SSSR count). The lowest BCUT2D eigenvalue weighted by molar-refractivity contribution is -0.122. The van der Waals surface area contributed by atoms with E-state index in [1.54, 1.807) is 0 Å². The second-order valence-corrected chi connectivity index (χ2v) is 4.70. The summed E-state index contributed by atoms with van der Waals surface area (Å²) >= 11 is 0. The molecule has 1 unspecified atom stereocenters. The van der Waals surface area contributed by atoms with Crippen molar-refractivity contribution in [2.24, 2.45) is 5.41 Å². The average Bonchev–Trinajstić information content (AvgIpc) is 2.35. The molecule has 0 N–H and O–H groups in total. The molecular weight excluding hydrogens is 208 g/mol. The maximum atomic E-state index is 12.1. The summed E-state index contributed by atoms with van der Waals surface area (Å²) in [6, 6.07) is 9.81. The number of benzene rings is 1. The average molecular weight is 224 g/mol. The SMILES string of the molecule is CC1=CCCC(C)(C#Cc2ccccc2)C1=O. The van der Waals surface area contributed by atoms with E-state index in [0.717, 1.165) is 24.0 Å². The molecule has 0 heterocycles. The van der Waals surface area contributed by atoms with Crippen LogP contribution in [0.25, 0.3) is 0 Å². The number of carbonyl (C=O) groups excluding carboxylic acids is 1. The van der Waals surface area contributed by atoms with Gasteiger partial charge in [0.15, 0.2) is 5.78 Å². The molecule has 17 heavy (non-hydrogen) atoms. The Morgan fingerprint density at radius 2 is 1.94 bits per heavy atom. The van der Waals surface area contributed by atoms with Gasteiger partial charge in [0, 0.05) is 5.56 Å². The standard InChI is InChI=1S/C16H16O/c1-13-7-6-11-16(2,15(13)17)12-10-14-8-4-3-5-9-14/h3-5,7-9H,6,11H2,1-2H3. The number of Topliss-reactive ketones (excluding diaryl/α,β-unsaturated/α-hetero) is 1. The van der Waals surface area contributed by atoms with E-state index in [0.29, 0.717) is 0 Å². The quantitative estimate of drug-likeness (QED) is 0.618. The molecule has 1 aromatic carbocycles. The lowest BCUT2D eigenvalue weighted by atomic mass is 9.75. The van der Waals surface area contributed by atoms with Crippen LogP contribution >= 0.6 is 0 Å². The highest BCUT2D eigenvalue weighted by molar-refractivity contribution is 6.02. The fourth-order valence-electron chi connectivity index (χ4n) is 2.07. The van der Waals surface area contributed by atoms with Crippen molar-refractivity contribution in [1.29, 1.82) is 0 Å². The summed E-state index contributed by atoms with van der Waals surface area (Å²) in [6.07, 6.45) is 3.77. The van der Waals surface area contributed by atoms with E-state index in [2.05, 4.69) is 11.8 Å². The van der Waals surface area contributed by atoms with E-state index in [4.69, 9.17) is 0 Å². The Morgan fingerprint density at radius 3 is 2.65 bits per heavy atom. The van der Waals surface area contributed by atoms with Gasteiger partial charge < -0.3 is 0 Å². The third kappa shape index (κ3) is 2.47. The number of carbonyl (C=O) groups is 1. The maximum absolute atomic E-state index is 12.1. The summed E-state index contributed by atoms with van der Waals surface area (Å²) in [4.78, 5) is 12.1. The van der Waals surface area contributed by atoms with Crippen LogP contribution in [-0.2, 0) is 4.79 Å². The zero-order valence-electron chi connectivity index (χ0n) is 10.3. The summed E-state index contributed by atoms with van der Waals surface area (Å²) < 4.78 is 0. The number of hydrogen-bond acceptors (Lipinski definition) is 1. The van der Waals surface area contributed by atoms with Crippen molar-refractivity contribution in [2.45, 2.75) is 26.7 Å². The molecule has 1 aliphatic rings. The fraction of sp³-hybridized carbons (Fsp3) is 0.312. The number of allylic oxidation sites excluding steroid dienone is 2. The molecule has 1 aromatic rings. The lowest BCUT2D eigenvalue weighted by Crippen LogP contribution is -2.29. The predicted octanol–water partition coefficient (Wildman–Crippen LogP) is 3.35. The molecule has 0 amide bonds. The van der Waals surface area contributed by atoms with Gasteiger partial charge in [0.1, 0.15) is 0 Å². The lowest BCUT2D eigenvalue weighted by Gasteiger charge is -2.25. The van der Waals surface area contributed by atoms with Gasteiger partial charge in [-0.05, 0) is 44.4 Å². The minimum atomic E-state index is -0.505. The molecular formula is C16H16O. The minimum absolute atomic E-state index is 0.173. The van der Waals surface area contributed by atoms with Crippen LogP contribution in [-0.4, -0.2) is 5.78 Å². The first-order valence-electron chi connectivity index (χ1n) is 5.92. The van der Waals surface area contributed by atoms with Crippen LogP contribution in [0.5, 0.6) is 0 Å². The summed E-state index contributed by atoms with van der Waals surface area (Å²) in [5, 5.41) is 0. The normalized spacial score (nSPS) is 23.6. The molecule has 86 valence electrons. The minimum Gasteiger partial charge on any atom is -0.293 e. The Labute approximate surface area is 103 Å². The number of rotatable bonds is 0. The molecule has 0 saturated carbocycles. The van der Waals surface area contributed by atoms with Gasteiger partial charge in [-0.2, -0.15) is 0 Å². The monoisotopic (exact) mass is 224 g/mol. The summed E-state index contributed by atoms with van der Waals surface area (Å²) in [6.45, 7) is 3.83. The van der Waals surface area contributed by atoms with Crippen molar-refractivity contribution in [3.8, 4) is 11.8 Å². The number of hydrogen-bond donors (Lipinski definition) is 0. The molecule has 0 aliphatic heterocycles. The molecule has 1 heteroatoms. The Morgan fingerprint density at radius 1 is 1.24 bits per heavy atom. The first kappa shape index (κ1) is 11.7. The van der Waals surface area contributed by atoms with Crippen molar-refractivity contribution < 1.29 is 4.79 Å². The molecule has 1 atom stereocenters. The first-order valence-corrected chi connectivity index (χ1v) is 5.92. The zero-order chi connectivity index (χ0) is 12.3. The molecule has 0 aromatic heterocycles. The molecule has 0 bridgehead atoms. The van der Waals surface area contributed by atoms with Crippen LogP contribution in [0.2, 0.25) is 0 Å². The van der Waals surface area contributed by atoms with E-state index in [-0.39, 0.29) is 5.78 Å². The van der Waals surface area contributed by atoms with Crippen molar-refractivity contribution in [2.75, 3.05) is 0 Å². The van der Waals surface area contributed by atoms with Gasteiger partial charge in [0.05, 0.1) is 5.41 Å². The van der Waals surface area contributed by atoms with Crippen molar-refractivity contribution in [3.05, 3.63) is 47.5 Å². The Kier molecular flexibility index (Phi) is 3.15. The highest BCUT2D eigenvalue weighted by Gasteiger charge is 2.33. The Bertz CT molecular complexity index is 513. The van der Waals surface area contributed by atoms with E-state index >= 15 is 0 Å². The van der Waals surface area contributed by atoms with Crippen molar-refractivity contribution in [3.63, 3.8) is 0 Å². The molecule has 1 nitrogen and oxygen atoms in total. The number of ketones is 1. The zero-order valence-corrected chi connectivity index (χ0v) is 10.3. The first-order chi connectivity index (χ1) is 8.12. The third-order valence-electron chi connectivity index (χ3n) is 3.21. The maximum Gasteiger partial charge on any atom is 0.176 e.